The average Bonchev–Trinajstić information content (AvgIpc) is 2.90. The van der Waals surface area contributed by atoms with Gasteiger partial charge in [0.1, 0.15) is 5.82 Å². The Kier molecular flexibility index (Phi) is 5.03. The van der Waals surface area contributed by atoms with Gasteiger partial charge in [-0.05, 0) is 44.0 Å². The van der Waals surface area contributed by atoms with Gasteiger partial charge >= 0.3 is 11.7 Å². The molecule has 0 unspecified atom stereocenters. The lowest BCUT2D eigenvalue weighted by Crippen LogP contribution is -2.35. The second-order valence-electron chi connectivity index (χ2n) is 6.58. The molecule has 3 rings (SSSR count). The van der Waals surface area contributed by atoms with Crippen LogP contribution in [0.25, 0.3) is 0 Å². The molecule has 0 amide bonds. The van der Waals surface area contributed by atoms with E-state index in [1.165, 1.54) is 4.68 Å². The van der Waals surface area contributed by atoms with Crippen LogP contribution in [0.3, 0.4) is 0 Å². The Morgan fingerprint density at radius 1 is 1.32 bits per heavy atom. The van der Waals surface area contributed by atoms with Crippen molar-refractivity contribution >= 4 is 5.97 Å². The normalized spacial score (nSPS) is 18.4. The highest BCUT2D eigenvalue weighted by Crippen LogP contribution is 2.26. The maximum absolute atomic E-state index is 12.1. The van der Waals surface area contributed by atoms with E-state index in [1.54, 1.807) is 23.7 Å². The molecule has 1 aliphatic heterocycles. The zero-order valence-corrected chi connectivity index (χ0v) is 14.7. The lowest BCUT2D eigenvalue weighted by atomic mass is 9.96. The van der Waals surface area contributed by atoms with E-state index in [-0.39, 0.29) is 11.6 Å². The van der Waals surface area contributed by atoms with E-state index in [4.69, 9.17) is 5.11 Å². The molecule has 1 aromatic heterocycles. The number of hydrogen-bond acceptors (Lipinski definition) is 4. The van der Waals surface area contributed by atoms with Crippen LogP contribution in [0, 0.1) is 0 Å². The quantitative estimate of drug-likeness (QED) is 0.893. The maximum Gasteiger partial charge on any atom is 0.345 e. The van der Waals surface area contributed by atoms with E-state index in [9.17, 15) is 9.59 Å². The van der Waals surface area contributed by atoms with E-state index < -0.39 is 5.97 Å². The molecule has 1 fully saturated rings. The van der Waals surface area contributed by atoms with Gasteiger partial charge in [-0.3, -0.25) is 9.47 Å². The minimum atomic E-state index is -0.905. The summed E-state index contributed by atoms with van der Waals surface area (Å²) in [7, 11) is 1.70. The van der Waals surface area contributed by atoms with E-state index in [2.05, 4.69) is 10.00 Å². The van der Waals surface area contributed by atoms with Crippen molar-refractivity contribution in [3.63, 3.8) is 0 Å². The van der Waals surface area contributed by atoms with Crippen LogP contribution in [0.1, 0.15) is 47.4 Å². The Balaban J connectivity index is 1.72. The molecule has 0 spiro atoms. The Hall–Kier alpha value is -2.41. The van der Waals surface area contributed by atoms with Crippen molar-refractivity contribution in [3.8, 4) is 0 Å². The third-order valence-electron chi connectivity index (χ3n) is 4.83. The van der Waals surface area contributed by atoms with Gasteiger partial charge in [0.2, 0.25) is 0 Å². The summed E-state index contributed by atoms with van der Waals surface area (Å²) < 4.78 is 3.18. The predicted molar refractivity (Wildman–Crippen MR) is 93.8 cm³/mol. The predicted octanol–water partition coefficient (Wildman–Crippen LogP) is 1.68. The summed E-state index contributed by atoms with van der Waals surface area (Å²) in [6, 6.07) is 7.03. The molecule has 1 aromatic carbocycles. The van der Waals surface area contributed by atoms with Crippen LogP contribution in [-0.4, -0.2) is 43.4 Å². The minimum Gasteiger partial charge on any atom is -0.478 e. The fraction of sp³-hybridized carbons (Fsp3) is 0.500. The summed E-state index contributed by atoms with van der Waals surface area (Å²) in [6.45, 7) is 5.24. The fourth-order valence-corrected chi connectivity index (χ4v) is 3.54. The second-order valence-corrected chi connectivity index (χ2v) is 6.58. The SMILES string of the molecule is CCn1c([C@@H]2CCCN(Cc3ccc(C(=O)O)cc3)C2)nn(C)c1=O. The zero-order valence-electron chi connectivity index (χ0n) is 14.7. The number of rotatable bonds is 5. The van der Waals surface area contributed by atoms with Gasteiger partial charge in [0, 0.05) is 32.6 Å². The number of aryl methyl sites for hydroxylation is 1. The molecule has 2 heterocycles. The highest BCUT2D eigenvalue weighted by Gasteiger charge is 2.26. The molecule has 1 N–H and O–H groups in total. The molecule has 0 aliphatic carbocycles. The molecule has 1 atom stereocenters. The topological polar surface area (TPSA) is 80.4 Å². The van der Waals surface area contributed by atoms with E-state index in [0.717, 1.165) is 43.9 Å². The van der Waals surface area contributed by atoms with Crippen molar-refractivity contribution in [3.05, 3.63) is 51.7 Å². The van der Waals surface area contributed by atoms with Gasteiger partial charge in [0.25, 0.3) is 0 Å². The summed E-state index contributed by atoms with van der Waals surface area (Å²) in [5, 5.41) is 13.4. The van der Waals surface area contributed by atoms with Crippen molar-refractivity contribution in [2.24, 2.45) is 7.05 Å². The first-order valence-corrected chi connectivity index (χ1v) is 8.68. The molecule has 25 heavy (non-hydrogen) atoms. The minimum absolute atomic E-state index is 0.0566. The molecule has 1 saturated heterocycles. The molecule has 0 saturated carbocycles. The number of nitrogens with zero attached hydrogens (tertiary/aromatic N) is 4. The smallest absolute Gasteiger partial charge is 0.345 e. The summed E-state index contributed by atoms with van der Waals surface area (Å²) in [6.07, 6.45) is 2.09. The summed E-state index contributed by atoms with van der Waals surface area (Å²) in [4.78, 5) is 25.4. The van der Waals surface area contributed by atoms with Gasteiger partial charge in [-0.1, -0.05) is 12.1 Å². The van der Waals surface area contributed by atoms with Crippen LogP contribution in [0.5, 0.6) is 0 Å². The van der Waals surface area contributed by atoms with Crippen molar-refractivity contribution in [1.82, 2.24) is 19.2 Å². The standard InChI is InChI=1S/C18H24N4O3/c1-3-22-16(19-20(2)18(22)25)15-5-4-10-21(12-15)11-13-6-8-14(9-7-13)17(23)24/h6-9,15H,3-5,10-12H2,1-2H3,(H,23,24)/t15-/m1/s1. The number of aromatic carboxylic acids is 1. The van der Waals surface area contributed by atoms with Crippen LogP contribution >= 0.6 is 0 Å². The third kappa shape index (κ3) is 3.66. The number of benzene rings is 1. The highest BCUT2D eigenvalue weighted by atomic mass is 16.4. The lowest BCUT2D eigenvalue weighted by molar-refractivity contribution is 0.0697. The molecule has 0 radical (unpaired) electrons. The van der Waals surface area contributed by atoms with Gasteiger partial charge < -0.3 is 5.11 Å². The number of hydrogen-bond donors (Lipinski definition) is 1. The average molecular weight is 344 g/mol. The van der Waals surface area contributed by atoms with Gasteiger partial charge in [-0.15, -0.1) is 0 Å². The van der Waals surface area contributed by atoms with Crippen molar-refractivity contribution in [2.45, 2.75) is 38.8 Å². The monoisotopic (exact) mass is 344 g/mol. The number of carboxylic acid groups (broad SMARTS) is 1. The van der Waals surface area contributed by atoms with Crippen LogP contribution < -0.4 is 5.69 Å². The number of carbonyl (C=O) groups is 1. The summed E-state index contributed by atoms with van der Waals surface area (Å²) in [5.74, 6) is 0.221. The fourth-order valence-electron chi connectivity index (χ4n) is 3.54. The van der Waals surface area contributed by atoms with Crippen molar-refractivity contribution in [1.29, 1.82) is 0 Å². The Labute approximate surface area is 146 Å². The molecule has 2 aromatic rings. The first-order chi connectivity index (χ1) is 12.0. The lowest BCUT2D eigenvalue weighted by Gasteiger charge is -2.32. The van der Waals surface area contributed by atoms with Crippen molar-refractivity contribution < 1.29 is 9.90 Å². The van der Waals surface area contributed by atoms with E-state index >= 15 is 0 Å². The summed E-state index contributed by atoms with van der Waals surface area (Å²) >= 11 is 0. The maximum atomic E-state index is 12.1. The number of carboxylic acids is 1. The highest BCUT2D eigenvalue weighted by molar-refractivity contribution is 5.87. The molecule has 7 heteroatoms. The molecule has 134 valence electrons. The van der Waals surface area contributed by atoms with Crippen LogP contribution in [0.2, 0.25) is 0 Å². The Morgan fingerprint density at radius 3 is 2.68 bits per heavy atom. The number of likely N-dealkylation sites (tertiary alicyclic amines) is 1. The Morgan fingerprint density at radius 2 is 2.04 bits per heavy atom. The first-order valence-electron chi connectivity index (χ1n) is 8.68. The molecule has 7 nitrogen and oxygen atoms in total. The van der Waals surface area contributed by atoms with Gasteiger partial charge in [0.05, 0.1) is 5.56 Å². The largest absolute Gasteiger partial charge is 0.478 e. The molecular formula is C18H24N4O3. The molecule has 0 bridgehead atoms. The van der Waals surface area contributed by atoms with Gasteiger partial charge in [-0.25, -0.2) is 14.3 Å². The molecule has 1 aliphatic rings. The molecular weight excluding hydrogens is 320 g/mol. The zero-order chi connectivity index (χ0) is 18.0. The van der Waals surface area contributed by atoms with E-state index in [1.807, 2.05) is 19.1 Å². The summed E-state index contributed by atoms with van der Waals surface area (Å²) in [5.41, 5.74) is 1.35. The van der Waals surface area contributed by atoms with Crippen LogP contribution in [0.4, 0.5) is 0 Å². The van der Waals surface area contributed by atoms with Crippen LogP contribution in [-0.2, 0) is 20.1 Å². The van der Waals surface area contributed by atoms with Crippen molar-refractivity contribution in [2.75, 3.05) is 13.1 Å². The second kappa shape index (κ2) is 7.23. The van der Waals surface area contributed by atoms with E-state index in [0.29, 0.717) is 12.1 Å². The first kappa shape index (κ1) is 17.4. The third-order valence-corrected chi connectivity index (χ3v) is 4.83. The van der Waals surface area contributed by atoms with Gasteiger partial charge in [-0.2, -0.15) is 5.10 Å². The number of aromatic nitrogens is 3. The van der Waals surface area contributed by atoms with Crippen LogP contribution in [0.15, 0.2) is 29.1 Å². The number of piperidine rings is 1. The Bertz CT molecular complexity index is 807. The van der Waals surface area contributed by atoms with Gasteiger partial charge in [0.15, 0.2) is 0 Å².